The van der Waals surface area contributed by atoms with Crippen LogP contribution >= 0.6 is 7.82 Å². The molecular formula is C34H53O12P. The van der Waals surface area contributed by atoms with Crippen molar-refractivity contribution >= 4 is 19.8 Å². The topological polar surface area (TPSA) is 211 Å². The van der Waals surface area contributed by atoms with E-state index in [9.17, 15) is 49.5 Å². The molecule has 13 heteroatoms. The summed E-state index contributed by atoms with van der Waals surface area (Å²) in [5.41, 5.74) is -4.02. The first kappa shape index (κ1) is 36.6. The minimum absolute atomic E-state index is 0.0675. The minimum Gasteiger partial charge on any atom is -0.481 e. The number of phosphoric ester groups is 1. The fourth-order valence-electron chi connectivity index (χ4n) is 11.2. The van der Waals surface area contributed by atoms with Crippen molar-refractivity contribution in [1.29, 1.82) is 0 Å². The summed E-state index contributed by atoms with van der Waals surface area (Å²) in [6.45, 7) is 11.1. The zero-order chi connectivity index (χ0) is 35.1. The van der Waals surface area contributed by atoms with Crippen LogP contribution in [-0.2, 0) is 23.4 Å². The molecular weight excluding hydrogens is 631 g/mol. The number of fused-ring (bicyclic) bond motifs is 7. The average Bonchev–Trinajstić information content (AvgIpc) is 3.38. The third-order valence-electron chi connectivity index (χ3n) is 13.7. The van der Waals surface area contributed by atoms with Crippen LogP contribution in [0.1, 0.15) is 86.5 Å². The van der Waals surface area contributed by atoms with E-state index in [4.69, 9.17) is 9.26 Å². The van der Waals surface area contributed by atoms with Crippen molar-refractivity contribution in [3.8, 4) is 0 Å². The summed E-state index contributed by atoms with van der Waals surface area (Å²) >= 11 is 0. The van der Waals surface area contributed by atoms with Gasteiger partial charge in [0.25, 0.3) is 0 Å². The van der Waals surface area contributed by atoms with Crippen LogP contribution < -0.4 is 0 Å². The fourth-order valence-corrected chi connectivity index (χ4v) is 11.6. The molecule has 3 fully saturated rings. The highest BCUT2D eigenvalue weighted by Gasteiger charge is 2.75. The standard InChI is InChI=1S/C34H53O12P/c1-7-8-24(36)45-16-33-14-13-30(4)21-15-22(35)26-32(6,29(40)41)27(38)25(37)28(39)34(26,17-46-47(42,43)44)20(21)11-12-31(30,5)23(33)10-9-19(33)18(2)3/h10-11,18-19,21-22,25-28,35,37-39H,7-9,12-17H2,1-6H3,(H,40,41)(H2,42,43,44). The molecule has 0 amide bonds. The van der Waals surface area contributed by atoms with Crippen LogP contribution in [0.2, 0.25) is 0 Å². The van der Waals surface area contributed by atoms with Gasteiger partial charge in [0.05, 0.1) is 35.7 Å². The Hall–Kier alpha value is -1.63. The Kier molecular flexibility index (Phi) is 9.36. The number of aliphatic carboxylic acids is 1. The Balaban J connectivity index is 1.68. The van der Waals surface area contributed by atoms with Crippen LogP contribution in [-0.4, -0.2) is 84.9 Å². The molecule has 0 radical (unpaired) electrons. The molecule has 5 aliphatic rings. The van der Waals surface area contributed by atoms with Gasteiger partial charge in [-0.15, -0.1) is 0 Å². The number of rotatable bonds is 9. The molecule has 5 rings (SSSR count). The Labute approximate surface area is 276 Å². The molecule has 12 nitrogen and oxygen atoms in total. The lowest BCUT2D eigenvalue weighted by atomic mass is 9.35. The molecule has 0 spiro atoms. The smallest absolute Gasteiger partial charge is 0.469 e. The predicted molar refractivity (Wildman–Crippen MR) is 169 cm³/mol. The summed E-state index contributed by atoms with van der Waals surface area (Å²) in [6.07, 6.45) is 0.424. The van der Waals surface area contributed by atoms with E-state index in [0.29, 0.717) is 43.6 Å². The number of phosphoric acid groups is 1. The van der Waals surface area contributed by atoms with Gasteiger partial charge in [-0.1, -0.05) is 57.9 Å². The molecule has 0 bridgehead atoms. The Morgan fingerprint density at radius 1 is 1.02 bits per heavy atom. The van der Waals surface area contributed by atoms with E-state index < -0.39 is 83.7 Å². The van der Waals surface area contributed by atoms with E-state index in [1.807, 2.05) is 13.0 Å². The Morgan fingerprint density at radius 3 is 2.26 bits per heavy atom. The van der Waals surface area contributed by atoms with Crippen molar-refractivity contribution in [3.63, 3.8) is 0 Å². The van der Waals surface area contributed by atoms with Crippen LogP contribution in [0.4, 0.5) is 0 Å². The monoisotopic (exact) mass is 684 g/mol. The second-order valence-corrected chi connectivity index (χ2v) is 17.2. The second kappa shape index (κ2) is 12.0. The fraction of sp³-hybridized carbons (Fsp3) is 0.824. The molecule has 5 aliphatic carbocycles. The average molecular weight is 685 g/mol. The van der Waals surface area contributed by atoms with Crippen LogP contribution in [0.5, 0.6) is 0 Å². The molecule has 7 N–H and O–H groups in total. The molecule has 12 atom stereocenters. The van der Waals surface area contributed by atoms with Gasteiger partial charge < -0.3 is 40.1 Å². The lowest BCUT2D eigenvalue weighted by Gasteiger charge is -2.69. The highest BCUT2D eigenvalue weighted by atomic mass is 31.2. The minimum atomic E-state index is -5.18. The van der Waals surface area contributed by atoms with Crippen LogP contribution in [0.3, 0.4) is 0 Å². The molecule has 0 saturated heterocycles. The first-order valence-electron chi connectivity index (χ1n) is 16.9. The van der Waals surface area contributed by atoms with Crippen molar-refractivity contribution in [2.24, 2.45) is 50.7 Å². The zero-order valence-electron chi connectivity index (χ0n) is 28.3. The SMILES string of the molecule is CCCC(=O)OCC12CCC3(C)C4CC(O)C5C(C)(C(=O)O)C(O)C(O)C(O)C5(COP(=O)(O)O)C4=CCC3(C)C1=CCC2C(C)C. The van der Waals surface area contributed by atoms with Gasteiger partial charge in [-0.05, 0) is 74.0 Å². The van der Waals surface area contributed by atoms with Gasteiger partial charge >= 0.3 is 19.8 Å². The number of carboxylic acid groups (broad SMARTS) is 1. The number of carbonyl (C=O) groups is 2. The van der Waals surface area contributed by atoms with Gasteiger partial charge in [-0.3, -0.25) is 14.1 Å². The molecule has 0 aromatic rings. The number of allylic oxidation sites excluding steroid dienone is 2. The number of ether oxygens (including phenoxy) is 1. The quantitative estimate of drug-likeness (QED) is 0.106. The maximum Gasteiger partial charge on any atom is 0.469 e. The van der Waals surface area contributed by atoms with Crippen LogP contribution in [0.15, 0.2) is 23.3 Å². The van der Waals surface area contributed by atoms with Crippen LogP contribution in [0.25, 0.3) is 0 Å². The van der Waals surface area contributed by atoms with E-state index in [1.165, 1.54) is 12.5 Å². The number of hydrogen-bond donors (Lipinski definition) is 7. The second-order valence-electron chi connectivity index (χ2n) is 16.0. The summed E-state index contributed by atoms with van der Waals surface area (Å²) in [4.78, 5) is 45.1. The van der Waals surface area contributed by atoms with Gasteiger partial charge in [0.2, 0.25) is 0 Å². The molecule has 47 heavy (non-hydrogen) atoms. The number of carbonyl (C=O) groups excluding carboxylic acids is 1. The summed E-state index contributed by atoms with van der Waals surface area (Å²) in [7, 11) is -5.18. The summed E-state index contributed by atoms with van der Waals surface area (Å²) < 4.78 is 23.1. The van der Waals surface area contributed by atoms with Crippen molar-refractivity contribution in [3.05, 3.63) is 23.3 Å². The van der Waals surface area contributed by atoms with Gasteiger partial charge in [0, 0.05) is 17.8 Å². The number of esters is 1. The van der Waals surface area contributed by atoms with Gasteiger partial charge in [-0.25, -0.2) is 4.57 Å². The summed E-state index contributed by atoms with van der Waals surface area (Å²) in [5.74, 6) is -3.19. The van der Waals surface area contributed by atoms with E-state index in [0.717, 1.165) is 6.42 Å². The summed E-state index contributed by atoms with van der Waals surface area (Å²) in [6, 6.07) is 0. The predicted octanol–water partition coefficient (Wildman–Crippen LogP) is 3.33. The Bertz CT molecular complexity index is 1390. The molecule has 266 valence electrons. The van der Waals surface area contributed by atoms with Crippen molar-refractivity contribution in [2.75, 3.05) is 13.2 Å². The number of hydrogen-bond acceptors (Lipinski definition) is 9. The molecule has 0 aliphatic heterocycles. The largest absolute Gasteiger partial charge is 0.481 e. The molecule has 0 heterocycles. The van der Waals surface area contributed by atoms with E-state index in [-0.39, 0.29) is 24.9 Å². The maximum atomic E-state index is 12.9. The van der Waals surface area contributed by atoms with Crippen molar-refractivity contribution < 1.29 is 58.7 Å². The van der Waals surface area contributed by atoms with Gasteiger partial charge in [0.1, 0.15) is 12.7 Å². The van der Waals surface area contributed by atoms with Crippen molar-refractivity contribution in [2.45, 2.75) is 111 Å². The van der Waals surface area contributed by atoms with Gasteiger partial charge in [-0.2, -0.15) is 0 Å². The zero-order valence-corrected chi connectivity index (χ0v) is 29.2. The molecule has 3 saturated carbocycles. The van der Waals surface area contributed by atoms with Gasteiger partial charge in [0.15, 0.2) is 0 Å². The van der Waals surface area contributed by atoms with E-state index >= 15 is 0 Å². The highest BCUT2D eigenvalue weighted by molar-refractivity contribution is 7.46. The summed E-state index contributed by atoms with van der Waals surface area (Å²) in [5, 5.41) is 56.5. The molecule has 0 aromatic carbocycles. The lowest BCUT2D eigenvalue weighted by Crippen LogP contribution is -2.75. The maximum absolute atomic E-state index is 12.9. The Morgan fingerprint density at radius 2 is 1.68 bits per heavy atom. The lowest BCUT2D eigenvalue weighted by molar-refractivity contribution is -0.265. The normalized spacial score (nSPS) is 46.0. The number of aliphatic hydroxyl groups excluding tert-OH is 4. The van der Waals surface area contributed by atoms with Crippen LogP contribution in [0, 0.1) is 50.7 Å². The molecule has 12 unspecified atom stereocenters. The first-order chi connectivity index (χ1) is 21.7. The number of aliphatic hydroxyl groups is 4. The van der Waals surface area contributed by atoms with E-state index in [1.54, 1.807) is 0 Å². The highest BCUT2D eigenvalue weighted by Crippen LogP contribution is 2.75. The van der Waals surface area contributed by atoms with E-state index in [2.05, 4.69) is 33.8 Å². The van der Waals surface area contributed by atoms with Crippen molar-refractivity contribution in [1.82, 2.24) is 0 Å². The molecule has 0 aromatic heterocycles. The third kappa shape index (κ3) is 5.07. The third-order valence-corrected chi connectivity index (χ3v) is 14.2. The first-order valence-corrected chi connectivity index (χ1v) is 18.4. The number of carboxylic acids is 1.